The monoisotopic (exact) mass is 986 g/mol. The van der Waals surface area contributed by atoms with Gasteiger partial charge in [-0.2, -0.15) is 0 Å². The Morgan fingerprint density at radius 1 is 0.656 bits per heavy atom. The minimum Gasteiger partial charge on any atom is -0.507 e. The molecule has 1 N–H and O–H groups in total. The van der Waals surface area contributed by atoms with E-state index in [0.29, 0.717) is 28.1 Å². The van der Waals surface area contributed by atoms with E-state index >= 15 is 0 Å². The molecule has 0 unspecified atom stereocenters. The third-order valence-corrected chi connectivity index (χ3v) is 11.5. The number of phenolic OH excluding ortho intramolecular Hbond substituents is 1. The van der Waals surface area contributed by atoms with E-state index in [9.17, 15) is 5.11 Å². The maximum absolute atomic E-state index is 11.4. The fourth-order valence-corrected chi connectivity index (χ4v) is 7.79. The van der Waals surface area contributed by atoms with Gasteiger partial charge in [0, 0.05) is 39.8 Å². The normalized spacial score (nSPS) is 13.6. The fourth-order valence-electron chi connectivity index (χ4n) is 7.79. The Kier molecular flexibility index (Phi) is 10.6. The van der Waals surface area contributed by atoms with Crippen LogP contribution >= 0.6 is 0 Å². The number of aryl methyl sites for hydroxylation is 1. The number of hydrogen-bond acceptors (Lipinski definition) is 3. The number of aromatic hydroxyl groups is 1. The van der Waals surface area contributed by atoms with Gasteiger partial charge in [-0.1, -0.05) is 152 Å². The van der Waals surface area contributed by atoms with Gasteiger partial charge in [0.1, 0.15) is 11.6 Å². The van der Waals surface area contributed by atoms with E-state index in [1.54, 1.807) is 24.3 Å². The second-order valence-corrected chi connectivity index (χ2v) is 17.6. The van der Waals surface area contributed by atoms with E-state index in [2.05, 4.69) is 83.1 Å². The number of pyridine rings is 1. The van der Waals surface area contributed by atoms with Crippen LogP contribution in [0.2, 0.25) is 0 Å². The topological polar surface area (TPSA) is 50.9 Å². The van der Waals surface area contributed by atoms with E-state index in [1.807, 2.05) is 99.1 Å². The Morgan fingerprint density at radius 2 is 1.33 bits per heavy atom. The first-order chi connectivity index (χ1) is 30.5. The predicted octanol–water partition coefficient (Wildman–Crippen LogP) is 15.2. The minimum absolute atomic E-state index is 0. The van der Waals surface area contributed by atoms with Crippen LogP contribution in [0.5, 0.6) is 5.75 Å². The molecular formula is C56H56N3OPt-. The van der Waals surface area contributed by atoms with Gasteiger partial charge in [-0.15, -0.1) is 29.3 Å². The third kappa shape index (κ3) is 8.79. The molecule has 2 aromatic heterocycles. The molecule has 8 rings (SSSR count). The summed E-state index contributed by atoms with van der Waals surface area (Å²) in [5.74, 6) is -0.942. The summed E-state index contributed by atoms with van der Waals surface area (Å²) in [7, 11) is 0. The van der Waals surface area contributed by atoms with Crippen molar-refractivity contribution < 1.29 is 33.0 Å². The van der Waals surface area contributed by atoms with Crippen LogP contribution in [0.25, 0.3) is 72.7 Å². The maximum atomic E-state index is 11.4. The summed E-state index contributed by atoms with van der Waals surface area (Å²) in [6.07, 6.45) is 1.81. The van der Waals surface area contributed by atoms with E-state index in [1.165, 1.54) is 0 Å². The molecule has 0 radical (unpaired) electrons. The number of rotatable bonds is 9. The Bertz CT molecular complexity index is 3080. The van der Waals surface area contributed by atoms with Crippen molar-refractivity contribution in [3.63, 3.8) is 0 Å². The minimum atomic E-state index is -2.53. The summed E-state index contributed by atoms with van der Waals surface area (Å²) >= 11 is 0. The zero-order valence-corrected chi connectivity index (χ0v) is 38.7. The molecule has 61 heavy (non-hydrogen) atoms. The Balaban J connectivity index is 0.00000648. The molecule has 8 aromatic rings. The summed E-state index contributed by atoms with van der Waals surface area (Å²) in [5, 5.41) is 11.4. The van der Waals surface area contributed by atoms with Crippen molar-refractivity contribution >= 4 is 11.0 Å². The molecule has 0 fully saturated rings. The summed E-state index contributed by atoms with van der Waals surface area (Å²) in [6, 6.07) is 44.7. The summed E-state index contributed by atoms with van der Waals surface area (Å²) in [5.41, 5.74) is 12.7. The second-order valence-electron chi connectivity index (χ2n) is 17.6. The van der Waals surface area contributed by atoms with Crippen molar-refractivity contribution in [1.82, 2.24) is 14.5 Å². The van der Waals surface area contributed by atoms with Gasteiger partial charge in [0.05, 0.1) is 22.3 Å². The van der Waals surface area contributed by atoms with Crippen molar-refractivity contribution in [3.05, 3.63) is 167 Å². The quantitative estimate of drug-likeness (QED) is 0.147. The third-order valence-electron chi connectivity index (χ3n) is 11.5. The van der Waals surface area contributed by atoms with Gasteiger partial charge < -0.3 is 5.11 Å². The zero-order chi connectivity index (χ0) is 46.8. The Labute approximate surface area is 384 Å². The molecule has 0 amide bonds. The maximum Gasteiger partial charge on any atom is 0.148 e. The number of hydrogen-bond donors (Lipinski definition) is 1. The van der Waals surface area contributed by atoms with E-state index in [4.69, 9.17) is 16.8 Å². The zero-order valence-electron chi connectivity index (χ0n) is 41.4. The largest absolute Gasteiger partial charge is 0.507 e. The number of imidazole rings is 1. The Morgan fingerprint density at radius 3 is 2.02 bits per heavy atom. The first kappa shape index (κ1) is 37.2. The molecule has 312 valence electrons. The molecule has 4 nitrogen and oxygen atoms in total. The molecule has 0 saturated heterocycles. The molecule has 0 aliphatic heterocycles. The molecule has 6 aromatic carbocycles. The number of benzene rings is 6. The van der Waals surface area contributed by atoms with Gasteiger partial charge in [0.15, 0.2) is 0 Å². The van der Waals surface area contributed by atoms with Crippen molar-refractivity contribution in [1.29, 1.82) is 0 Å². The van der Waals surface area contributed by atoms with Gasteiger partial charge in [-0.25, -0.2) is 4.98 Å². The summed E-state index contributed by atoms with van der Waals surface area (Å²) < 4.78 is 45.9. The van der Waals surface area contributed by atoms with Crippen LogP contribution in [0.3, 0.4) is 0 Å². The number of fused-ring (bicyclic) bond motifs is 1. The van der Waals surface area contributed by atoms with Crippen LogP contribution in [0.4, 0.5) is 0 Å². The number of aromatic nitrogens is 3. The van der Waals surface area contributed by atoms with Crippen LogP contribution in [-0.2, 0) is 26.5 Å². The molecule has 0 bridgehead atoms. The van der Waals surface area contributed by atoms with Crippen molar-refractivity contribution in [2.75, 3.05) is 0 Å². The van der Waals surface area contributed by atoms with Crippen molar-refractivity contribution in [2.45, 2.75) is 92.3 Å². The predicted molar refractivity (Wildman–Crippen MR) is 252 cm³/mol. The smallest absolute Gasteiger partial charge is 0.148 e. The number of para-hydroxylation sites is 2. The SMILES string of the molecule is [2H]C([2H])([2H])c1cc(-c2cc(C(C)C)cc(C([2H])(C)C)c2)ccc1-n1c(-c2ccccc2O)nc2c(-c3[c-]c(-c4cc(-c5ccc(C([2H])(C)C)cc5)ccn4)cc(C(C)(C)C)c3)cccc21.[Pt]. The van der Waals surface area contributed by atoms with Gasteiger partial charge >= 0.3 is 0 Å². The number of phenols is 1. The molecule has 0 atom stereocenters. The molecule has 5 heteroatoms. The number of nitrogens with zero attached hydrogens (tertiary/aromatic N) is 3. The average Bonchev–Trinajstić information content (AvgIpc) is 3.64. The van der Waals surface area contributed by atoms with Crippen LogP contribution in [0, 0.1) is 12.9 Å². The second kappa shape index (κ2) is 17.4. The van der Waals surface area contributed by atoms with Crippen LogP contribution in [0.15, 0.2) is 134 Å². The summed E-state index contributed by atoms with van der Waals surface area (Å²) in [6.45, 7) is 15.7. The van der Waals surface area contributed by atoms with Crippen LogP contribution in [-0.4, -0.2) is 19.6 Å². The molecule has 0 spiro atoms. The van der Waals surface area contributed by atoms with E-state index < -0.39 is 18.6 Å². The van der Waals surface area contributed by atoms with Gasteiger partial charge in [-0.05, 0) is 111 Å². The molecular weight excluding hydrogens is 926 g/mol. The molecule has 2 heterocycles. The van der Waals surface area contributed by atoms with Gasteiger partial charge in [0.2, 0.25) is 0 Å². The fraction of sp³-hybridized carbons (Fsp3) is 0.250. The van der Waals surface area contributed by atoms with E-state index in [0.717, 1.165) is 66.9 Å². The van der Waals surface area contributed by atoms with Crippen LogP contribution < -0.4 is 0 Å². The molecule has 0 aliphatic carbocycles. The van der Waals surface area contributed by atoms with Crippen molar-refractivity contribution in [2.24, 2.45) is 0 Å². The van der Waals surface area contributed by atoms with Gasteiger partial charge in [0.25, 0.3) is 0 Å². The molecule has 0 saturated carbocycles. The molecule has 0 aliphatic rings. The first-order valence-electron chi connectivity index (χ1n) is 23.2. The van der Waals surface area contributed by atoms with E-state index in [-0.39, 0.29) is 43.7 Å². The van der Waals surface area contributed by atoms with Crippen LogP contribution in [0.1, 0.15) is 115 Å². The first-order valence-corrected chi connectivity index (χ1v) is 20.7. The Hall–Kier alpha value is -5.57. The van der Waals surface area contributed by atoms with Crippen molar-refractivity contribution in [3.8, 4) is 67.5 Å². The average molecular weight is 987 g/mol. The van der Waals surface area contributed by atoms with Gasteiger partial charge in [-0.3, -0.25) is 9.55 Å². The summed E-state index contributed by atoms with van der Waals surface area (Å²) in [4.78, 5) is 10.1. The standard InChI is InChI=1S/C56H56N3O.Pt/c1-34(2)38-18-20-39(21-19-38)41-24-25-57-50(33-41)46-30-45(31-47(32-46)56(8,9)10)48-15-13-16-52-54(48)58-55(49-14-11-12-17-53(49)60)59(52)51-23-22-40(26-37(51)7)44-28-42(35(3)4)27-43(29-44)36(5)6;/h11-29,31-36,60H,1-10H3;/q-1;/i7D3,34D,35D;.